The third-order valence-electron chi connectivity index (χ3n) is 3.66. The molecule has 2 atom stereocenters. The molecule has 1 aromatic carbocycles. The molecule has 1 aliphatic rings. The maximum Gasteiger partial charge on any atom is 0.0410 e. The molecule has 92 valence electrons. The van der Waals surface area contributed by atoms with E-state index in [4.69, 9.17) is 5.73 Å². The predicted molar refractivity (Wildman–Crippen MR) is 76.2 cm³/mol. The zero-order chi connectivity index (χ0) is 12.5. The summed E-state index contributed by atoms with van der Waals surface area (Å²) < 4.78 is 1.03. The normalized spacial score (nSPS) is 21.9. The first kappa shape index (κ1) is 11.9. The van der Waals surface area contributed by atoms with Crippen molar-refractivity contribution in [2.75, 3.05) is 0 Å². The summed E-state index contributed by atoms with van der Waals surface area (Å²) in [6, 6.07) is 10.8. The SMILES string of the molecule is NC1c2ccccc2CC1Cc1cncc(Br)c1. The standard InChI is InChI=1S/C15H15BrN2/c16-13-6-10(8-18-9-13)5-12-7-11-3-1-2-4-14(11)15(12)17/h1-4,6,8-9,12,15H,5,7,17H2. The highest BCUT2D eigenvalue weighted by atomic mass is 79.9. The second-order valence-electron chi connectivity index (χ2n) is 4.90. The summed E-state index contributed by atoms with van der Waals surface area (Å²) in [4.78, 5) is 4.21. The van der Waals surface area contributed by atoms with Gasteiger partial charge in [-0.3, -0.25) is 4.98 Å². The molecule has 2 nitrogen and oxygen atoms in total. The number of hydrogen-bond donors (Lipinski definition) is 1. The minimum Gasteiger partial charge on any atom is -0.324 e. The Morgan fingerprint density at radius 1 is 1.28 bits per heavy atom. The maximum absolute atomic E-state index is 6.34. The summed E-state index contributed by atoms with van der Waals surface area (Å²) >= 11 is 3.46. The number of aromatic nitrogens is 1. The van der Waals surface area contributed by atoms with E-state index in [1.165, 1.54) is 16.7 Å². The summed E-state index contributed by atoms with van der Waals surface area (Å²) in [5, 5.41) is 0. The first-order chi connectivity index (χ1) is 8.74. The van der Waals surface area contributed by atoms with Crippen molar-refractivity contribution in [1.82, 2.24) is 4.98 Å². The Kier molecular flexibility index (Phi) is 3.18. The highest BCUT2D eigenvalue weighted by Gasteiger charge is 2.29. The summed E-state index contributed by atoms with van der Waals surface area (Å²) in [6.45, 7) is 0. The molecule has 0 radical (unpaired) electrons. The third kappa shape index (κ3) is 2.20. The van der Waals surface area contributed by atoms with Crippen LogP contribution < -0.4 is 5.73 Å². The van der Waals surface area contributed by atoms with Gasteiger partial charge < -0.3 is 5.73 Å². The van der Waals surface area contributed by atoms with Gasteiger partial charge in [-0.15, -0.1) is 0 Å². The summed E-state index contributed by atoms with van der Waals surface area (Å²) in [7, 11) is 0. The van der Waals surface area contributed by atoms with Gasteiger partial charge in [-0.1, -0.05) is 24.3 Å². The van der Waals surface area contributed by atoms with Crippen LogP contribution in [-0.4, -0.2) is 4.98 Å². The van der Waals surface area contributed by atoms with E-state index in [2.05, 4.69) is 51.2 Å². The van der Waals surface area contributed by atoms with E-state index >= 15 is 0 Å². The molecule has 0 aliphatic heterocycles. The van der Waals surface area contributed by atoms with Gasteiger partial charge in [0, 0.05) is 22.9 Å². The van der Waals surface area contributed by atoms with Crippen LogP contribution in [0, 0.1) is 5.92 Å². The fourth-order valence-corrected chi connectivity index (χ4v) is 3.19. The first-order valence-corrected chi connectivity index (χ1v) is 6.96. The highest BCUT2D eigenvalue weighted by molar-refractivity contribution is 9.10. The lowest BCUT2D eigenvalue weighted by Gasteiger charge is -2.15. The Labute approximate surface area is 115 Å². The van der Waals surface area contributed by atoms with Crippen molar-refractivity contribution in [3.8, 4) is 0 Å². The van der Waals surface area contributed by atoms with E-state index in [1.807, 2.05) is 12.4 Å². The van der Waals surface area contributed by atoms with E-state index in [0.29, 0.717) is 5.92 Å². The monoisotopic (exact) mass is 302 g/mol. The van der Waals surface area contributed by atoms with Gasteiger partial charge in [-0.25, -0.2) is 0 Å². The smallest absolute Gasteiger partial charge is 0.0410 e. The molecule has 0 bridgehead atoms. The van der Waals surface area contributed by atoms with Crippen molar-refractivity contribution in [1.29, 1.82) is 0 Å². The van der Waals surface area contributed by atoms with E-state index in [-0.39, 0.29) is 6.04 Å². The molecule has 0 saturated carbocycles. The summed E-state index contributed by atoms with van der Waals surface area (Å²) in [5.74, 6) is 0.485. The van der Waals surface area contributed by atoms with E-state index in [0.717, 1.165) is 17.3 Å². The molecule has 3 heteroatoms. The van der Waals surface area contributed by atoms with Crippen LogP contribution in [0.3, 0.4) is 0 Å². The lowest BCUT2D eigenvalue weighted by molar-refractivity contribution is 0.464. The van der Waals surface area contributed by atoms with Crippen molar-refractivity contribution in [3.63, 3.8) is 0 Å². The minimum atomic E-state index is 0.153. The van der Waals surface area contributed by atoms with Crippen LogP contribution >= 0.6 is 15.9 Å². The molecule has 1 aromatic heterocycles. The average Bonchev–Trinajstić information content (AvgIpc) is 2.67. The van der Waals surface area contributed by atoms with Crippen LogP contribution in [0.1, 0.15) is 22.7 Å². The van der Waals surface area contributed by atoms with Crippen molar-refractivity contribution in [2.45, 2.75) is 18.9 Å². The number of pyridine rings is 1. The zero-order valence-corrected chi connectivity index (χ0v) is 11.6. The van der Waals surface area contributed by atoms with Crippen molar-refractivity contribution < 1.29 is 0 Å². The number of fused-ring (bicyclic) bond motifs is 1. The fourth-order valence-electron chi connectivity index (χ4n) is 2.78. The Bertz CT molecular complexity index is 568. The quantitative estimate of drug-likeness (QED) is 0.925. The minimum absolute atomic E-state index is 0.153. The van der Waals surface area contributed by atoms with Crippen LogP contribution in [0.5, 0.6) is 0 Å². The van der Waals surface area contributed by atoms with E-state index < -0.39 is 0 Å². The molecule has 0 fully saturated rings. The number of nitrogens with zero attached hydrogens (tertiary/aromatic N) is 1. The van der Waals surface area contributed by atoms with Gasteiger partial charge in [0.2, 0.25) is 0 Å². The average molecular weight is 303 g/mol. The largest absolute Gasteiger partial charge is 0.324 e. The molecule has 1 heterocycles. The van der Waals surface area contributed by atoms with Gasteiger partial charge in [-0.05, 0) is 57.4 Å². The number of halogens is 1. The number of nitrogens with two attached hydrogens (primary N) is 1. The molecule has 18 heavy (non-hydrogen) atoms. The van der Waals surface area contributed by atoms with Gasteiger partial charge in [0.1, 0.15) is 0 Å². The molecule has 0 amide bonds. The molecular formula is C15H15BrN2. The fraction of sp³-hybridized carbons (Fsp3) is 0.267. The van der Waals surface area contributed by atoms with Crippen molar-refractivity contribution >= 4 is 15.9 Å². The molecule has 1 aliphatic carbocycles. The van der Waals surface area contributed by atoms with E-state index in [1.54, 1.807) is 0 Å². The lowest BCUT2D eigenvalue weighted by Crippen LogP contribution is -2.19. The number of hydrogen-bond acceptors (Lipinski definition) is 2. The second kappa shape index (κ2) is 4.82. The third-order valence-corrected chi connectivity index (χ3v) is 4.10. The molecule has 0 spiro atoms. The summed E-state index contributed by atoms with van der Waals surface area (Å²) in [5.41, 5.74) is 10.3. The van der Waals surface area contributed by atoms with Crippen LogP contribution in [0.25, 0.3) is 0 Å². The van der Waals surface area contributed by atoms with E-state index in [9.17, 15) is 0 Å². The molecule has 3 rings (SSSR count). The highest BCUT2D eigenvalue weighted by Crippen LogP contribution is 2.36. The van der Waals surface area contributed by atoms with Crippen molar-refractivity contribution in [3.05, 3.63) is 63.9 Å². The van der Waals surface area contributed by atoms with Gasteiger partial charge in [0.25, 0.3) is 0 Å². The molecule has 2 N–H and O–H groups in total. The van der Waals surface area contributed by atoms with Crippen LogP contribution in [0.4, 0.5) is 0 Å². The second-order valence-corrected chi connectivity index (χ2v) is 5.82. The lowest BCUT2D eigenvalue weighted by atomic mass is 9.94. The predicted octanol–water partition coefficient (Wildman–Crippen LogP) is 3.26. The molecule has 2 unspecified atom stereocenters. The zero-order valence-electron chi connectivity index (χ0n) is 10.0. The Morgan fingerprint density at radius 2 is 2.11 bits per heavy atom. The van der Waals surface area contributed by atoms with Crippen LogP contribution in [0.2, 0.25) is 0 Å². The Balaban J connectivity index is 1.81. The first-order valence-electron chi connectivity index (χ1n) is 6.17. The van der Waals surface area contributed by atoms with Gasteiger partial charge in [-0.2, -0.15) is 0 Å². The van der Waals surface area contributed by atoms with Crippen molar-refractivity contribution in [2.24, 2.45) is 11.7 Å². The Hall–Kier alpha value is -1.19. The maximum atomic E-state index is 6.34. The van der Waals surface area contributed by atoms with Gasteiger partial charge in [0.05, 0.1) is 0 Å². The van der Waals surface area contributed by atoms with Crippen LogP contribution in [0.15, 0.2) is 47.2 Å². The number of rotatable bonds is 2. The topological polar surface area (TPSA) is 38.9 Å². The number of benzene rings is 1. The Morgan fingerprint density at radius 3 is 2.89 bits per heavy atom. The molecule has 2 aromatic rings. The molecule has 0 saturated heterocycles. The van der Waals surface area contributed by atoms with Crippen LogP contribution in [-0.2, 0) is 12.8 Å². The van der Waals surface area contributed by atoms with Gasteiger partial charge >= 0.3 is 0 Å². The summed E-state index contributed by atoms with van der Waals surface area (Å²) in [6.07, 6.45) is 5.80. The molecular weight excluding hydrogens is 288 g/mol. The van der Waals surface area contributed by atoms with Gasteiger partial charge in [0.15, 0.2) is 0 Å².